The third-order valence-corrected chi connectivity index (χ3v) is 4.47. The van der Waals surface area contributed by atoms with E-state index in [0.717, 1.165) is 19.3 Å². The van der Waals surface area contributed by atoms with Crippen LogP contribution in [0.25, 0.3) is 0 Å². The summed E-state index contributed by atoms with van der Waals surface area (Å²) in [6.07, 6.45) is 4.64. The van der Waals surface area contributed by atoms with Crippen molar-refractivity contribution in [2.75, 3.05) is 5.32 Å². The van der Waals surface area contributed by atoms with Crippen LogP contribution in [0.15, 0.2) is 42.6 Å². The quantitative estimate of drug-likeness (QED) is 0.933. The van der Waals surface area contributed by atoms with Gasteiger partial charge in [0, 0.05) is 12.1 Å². The Morgan fingerprint density at radius 2 is 2.21 bits per heavy atom. The monoisotopic (exact) mass is 328 g/mol. The molecule has 0 aliphatic carbocycles. The summed E-state index contributed by atoms with van der Waals surface area (Å²) < 4.78 is 24.3. The molecule has 3 atom stereocenters. The Balaban J connectivity index is 1.38. The molecule has 2 bridgehead atoms. The molecule has 2 aliphatic rings. The Morgan fingerprint density at radius 3 is 2.88 bits per heavy atom. The normalized spacial score (nSPS) is 24.8. The fourth-order valence-corrected chi connectivity index (χ4v) is 3.31. The number of fused-ring (bicyclic) bond motifs is 2. The van der Waals surface area contributed by atoms with Crippen molar-refractivity contribution in [3.8, 4) is 11.6 Å². The predicted octanol–water partition coefficient (Wildman–Crippen LogP) is 3.52. The van der Waals surface area contributed by atoms with E-state index in [-0.39, 0.29) is 29.9 Å². The minimum absolute atomic E-state index is 0.0252. The Kier molecular flexibility index (Phi) is 3.90. The van der Waals surface area contributed by atoms with Crippen LogP contribution in [0.5, 0.6) is 11.6 Å². The summed E-state index contributed by atoms with van der Waals surface area (Å²) >= 11 is 0. The van der Waals surface area contributed by atoms with Gasteiger partial charge in [-0.2, -0.15) is 0 Å². The van der Waals surface area contributed by atoms with Crippen LogP contribution < -0.4 is 10.1 Å². The number of carbonyl (C=O) groups is 1. The highest BCUT2D eigenvalue weighted by molar-refractivity contribution is 5.93. The smallest absolute Gasteiger partial charge is 0.230 e. The molecule has 4 rings (SSSR count). The molecule has 2 fully saturated rings. The fourth-order valence-electron chi connectivity index (χ4n) is 3.31. The maximum atomic E-state index is 13.1. The van der Waals surface area contributed by atoms with Crippen LogP contribution in [0.4, 0.5) is 10.1 Å². The number of hydrogen-bond acceptors (Lipinski definition) is 4. The van der Waals surface area contributed by atoms with Gasteiger partial charge in [0.2, 0.25) is 11.8 Å². The minimum atomic E-state index is -0.371. The average molecular weight is 328 g/mol. The van der Waals surface area contributed by atoms with Crippen LogP contribution in [-0.4, -0.2) is 23.1 Å². The second kappa shape index (κ2) is 6.20. The molecule has 2 aliphatic heterocycles. The van der Waals surface area contributed by atoms with E-state index >= 15 is 0 Å². The second-order valence-electron chi connectivity index (χ2n) is 6.15. The number of hydrogen-bond donors (Lipinski definition) is 1. The van der Waals surface area contributed by atoms with Gasteiger partial charge in [-0.3, -0.25) is 4.79 Å². The number of rotatable bonds is 4. The number of pyridine rings is 1. The molecule has 1 aromatic carbocycles. The summed E-state index contributed by atoms with van der Waals surface area (Å²) in [5, 5.41) is 2.87. The SMILES string of the molecule is O=C(Nc1ccc(Oc2cccc(F)c2)nc1)[C@H]1C[C@H]2CC[C@H]1O2. The average Bonchev–Trinajstić information content (AvgIpc) is 3.20. The molecule has 0 unspecified atom stereocenters. The van der Waals surface area contributed by atoms with Crippen LogP contribution >= 0.6 is 0 Å². The predicted molar refractivity (Wildman–Crippen MR) is 85.3 cm³/mol. The van der Waals surface area contributed by atoms with Gasteiger partial charge >= 0.3 is 0 Å². The number of benzene rings is 1. The molecule has 0 radical (unpaired) electrons. The first-order valence-electron chi connectivity index (χ1n) is 8.03. The van der Waals surface area contributed by atoms with Crippen molar-refractivity contribution in [1.29, 1.82) is 0 Å². The maximum absolute atomic E-state index is 13.1. The van der Waals surface area contributed by atoms with Crippen LogP contribution in [0.2, 0.25) is 0 Å². The fraction of sp³-hybridized carbons (Fsp3) is 0.333. The highest BCUT2D eigenvalue weighted by atomic mass is 19.1. The first-order chi connectivity index (χ1) is 11.7. The lowest BCUT2D eigenvalue weighted by Crippen LogP contribution is -2.30. The second-order valence-corrected chi connectivity index (χ2v) is 6.15. The first kappa shape index (κ1) is 15.1. The number of carbonyl (C=O) groups excluding carboxylic acids is 1. The third kappa shape index (κ3) is 3.10. The van der Waals surface area contributed by atoms with Crippen molar-refractivity contribution < 1.29 is 18.7 Å². The molecule has 124 valence electrons. The van der Waals surface area contributed by atoms with Gasteiger partial charge in [0.25, 0.3) is 0 Å². The number of anilines is 1. The molecule has 1 N–H and O–H groups in total. The van der Waals surface area contributed by atoms with Crippen LogP contribution in [-0.2, 0) is 9.53 Å². The molecule has 0 spiro atoms. The van der Waals surface area contributed by atoms with Gasteiger partial charge < -0.3 is 14.8 Å². The Morgan fingerprint density at radius 1 is 1.29 bits per heavy atom. The molecule has 2 saturated heterocycles. The zero-order valence-electron chi connectivity index (χ0n) is 12.9. The van der Waals surface area contributed by atoms with Crippen molar-refractivity contribution in [1.82, 2.24) is 4.98 Å². The third-order valence-electron chi connectivity index (χ3n) is 4.47. The standard InChI is InChI=1S/C18H17FN2O3/c19-11-2-1-3-13(8-11)24-17-7-4-12(10-20-17)21-18(22)15-9-14-5-6-16(15)23-14/h1-4,7-8,10,14-16H,5-6,9H2,(H,21,22)/t14-,15+,16-/m1/s1. The first-order valence-corrected chi connectivity index (χ1v) is 8.03. The number of halogens is 1. The summed E-state index contributed by atoms with van der Waals surface area (Å²) in [6.45, 7) is 0. The van der Waals surface area contributed by atoms with Gasteiger partial charge in [0.05, 0.1) is 30.0 Å². The van der Waals surface area contributed by atoms with Crippen molar-refractivity contribution in [3.05, 3.63) is 48.4 Å². The van der Waals surface area contributed by atoms with Crippen molar-refractivity contribution >= 4 is 11.6 Å². The zero-order valence-corrected chi connectivity index (χ0v) is 12.9. The van der Waals surface area contributed by atoms with Crippen molar-refractivity contribution in [2.45, 2.75) is 31.5 Å². The Hall–Kier alpha value is -2.47. The van der Waals surface area contributed by atoms with E-state index in [9.17, 15) is 9.18 Å². The van der Waals surface area contributed by atoms with Crippen LogP contribution in [0.1, 0.15) is 19.3 Å². The van der Waals surface area contributed by atoms with E-state index in [2.05, 4.69) is 10.3 Å². The minimum Gasteiger partial charge on any atom is -0.439 e. The van der Waals surface area contributed by atoms with E-state index in [1.807, 2.05) is 0 Å². The summed E-state index contributed by atoms with van der Waals surface area (Å²) in [5.41, 5.74) is 0.606. The molecular formula is C18H17FN2O3. The zero-order chi connectivity index (χ0) is 16.5. The summed E-state index contributed by atoms with van der Waals surface area (Å²) in [5.74, 6) is 0.236. The lowest BCUT2D eigenvalue weighted by Gasteiger charge is -2.17. The number of nitrogens with zero attached hydrogens (tertiary/aromatic N) is 1. The number of aromatic nitrogens is 1. The van der Waals surface area contributed by atoms with Gasteiger partial charge in [-0.25, -0.2) is 9.37 Å². The van der Waals surface area contributed by atoms with E-state index in [4.69, 9.17) is 9.47 Å². The lowest BCUT2D eigenvalue weighted by molar-refractivity contribution is -0.121. The number of nitrogens with one attached hydrogen (secondary N) is 1. The Labute approximate surface area is 138 Å². The van der Waals surface area contributed by atoms with Gasteiger partial charge in [-0.1, -0.05) is 6.07 Å². The molecule has 1 aromatic heterocycles. The molecule has 3 heterocycles. The van der Waals surface area contributed by atoms with Gasteiger partial charge in [-0.05, 0) is 37.5 Å². The lowest BCUT2D eigenvalue weighted by atomic mass is 9.88. The summed E-state index contributed by atoms with van der Waals surface area (Å²) in [4.78, 5) is 16.5. The molecular weight excluding hydrogens is 311 g/mol. The number of amides is 1. The highest BCUT2D eigenvalue weighted by Gasteiger charge is 2.44. The largest absolute Gasteiger partial charge is 0.439 e. The van der Waals surface area contributed by atoms with Crippen molar-refractivity contribution in [3.63, 3.8) is 0 Å². The molecule has 24 heavy (non-hydrogen) atoms. The summed E-state index contributed by atoms with van der Waals surface area (Å²) in [6, 6.07) is 9.20. The van der Waals surface area contributed by atoms with Gasteiger partial charge in [0.1, 0.15) is 11.6 Å². The molecule has 0 saturated carbocycles. The summed E-state index contributed by atoms with van der Waals surface area (Å²) in [7, 11) is 0. The van der Waals surface area contributed by atoms with E-state index in [1.54, 1.807) is 24.3 Å². The molecule has 5 nitrogen and oxygen atoms in total. The van der Waals surface area contributed by atoms with E-state index in [1.165, 1.54) is 18.3 Å². The molecule has 6 heteroatoms. The van der Waals surface area contributed by atoms with Gasteiger partial charge in [0.15, 0.2) is 0 Å². The maximum Gasteiger partial charge on any atom is 0.230 e. The van der Waals surface area contributed by atoms with Crippen molar-refractivity contribution in [2.24, 2.45) is 5.92 Å². The molecule has 1 amide bonds. The topological polar surface area (TPSA) is 60.5 Å². The van der Waals surface area contributed by atoms with E-state index < -0.39 is 0 Å². The van der Waals surface area contributed by atoms with Gasteiger partial charge in [-0.15, -0.1) is 0 Å². The van der Waals surface area contributed by atoms with E-state index in [0.29, 0.717) is 17.3 Å². The highest BCUT2D eigenvalue weighted by Crippen LogP contribution is 2.39. The number of ether oxygens (including phenoxy) is 2. The van der Waals surface area contributed by atoms with Crippen LogP contribution in [0, 0.1) is 11.7 Å². The Bertz CT molecular complexity index is 750. The van der Waals surface area contributed by atoms with Crippen LogP contribution in [0.3, 0.4) is 0 Å². The molecule has 2 aromatic rings.